The topological polar surface area (TPSA) is 72.3 Å². The highest BCUT2D eigenvalue weighted by atomic mass is 16.5. The number of carboxylic acids is 1. The molecule has 0 atom stereocenters. The fourth-order valence-corrected chi connectivity index (χ4v) is 2.03. The van der Waals surface area contributed by atoms with E-state index in [-0.39, 0.29) is 11.8 Å². The lowest BCUT2D eigenvalue weighted by Crippen LogP contribution is -2.16. The van der Waals surface area contributed by atoms with Gasteiger partial charge in [-0.15, -0.1) is 10.2 Å². The van der Waals surface area contributed by atoms with Gasteiger partial charge in [-0.05, 0) is 31.7 Å². The molecule has 2 rings (SSSR count). The third kappa shape index (κ3) is 3.41. The summed E-state index contributed by atoms with van der Waals surface area (Å²) in [4.78, 5) is 10.6. The van der Waals surface area contributed by atoms with E-state index >= 15 is 0 Å². The number of aromatic nitrogens is 2. The van der Waals surface area contributed by atoms with Crippen molar-refractivity contribution in [3.63, 3.8) is 0 Å². The van der Waals surface area contributed by atoms with Crippen molar-refractivity contribution in [3.05, 3.63) is 17.8 Å². The highest BCUT2D eigenvalue weighted by Crippen LogP contribution is 2.21. The van der Waals surface area contributed by atoms with Gasteiger partial charge in [-0.1, -0.05) is 12.8 Å². The van der Waals surface area contributed by atoms with Crippen molar-refractivity contribution in [2.24, 2.45) is 0 Å². The quantitative estimate of drug-likeness (QED) is 0.815. The van der Waals surface area contributed by atoms with E-state index in [4.69, 9.17) is 9.84 Å². The monoisotopic (exact) mass is 236 g/mol. The molecular formula is C12H16N2O3. The molecule has 1 heterocycles. The van der Waals surface area contributed by atoms with Gasteiger partial charge in [-0.25, -0.2) is 4.79 Å². The second kappa shape index (κ2) is 5.61. The van der Waals surface area contributed by atoms with Gasteiger partial charge in [0.15, 0.2) is 5.69 Å². The molecule has 92 valence electrons. The fraction of sp³-hybridized carbons (Fsp3) is 0.583. The summed E-state index contributed by atoms with van der Waals surface area (Å²) >= 11 is 0. The molecule has 1 aromatic rings. The Bertz CT molecular complexity index is 370. The van der Waals surface area contributed by atoms with Crippen LogP contribution in [0, 0.1) is 0 Å². The standard InChI is InChI=1S/C12H16N2O3/c15-12(16)10-7-8-11(14-13-10)17-9-5-3-1-2-4-6-9/h7-9H,1-6H2,(H,15,16). The zero-order chi connectivity index (χ0) is 12.1. The molecule has 0 aliphatic heterocycles. The second-order valence-electron chi connectivity index (χ2n) is 4.29. The summed E-state index contributed by atoms with van der Waals surface area (Å²) in [6.07, 6.45) is 7.19. The Balaban J connectivity index is 1.95. The largest absolute Gasteiger partial charge is 0.476 e. The zero-order valence-corrected chi connectivity index (χ0v) is 9.63. The molecule has 0 bridgehead atoms. The van der Waals surface area contributed by atoms with Crippen LogP contribution in [0.1, 0.15) is 49.0 Å². The molecule has 5 heteroatoms. The number of rotatable bonds is 3. The lowest BCUT2D eigenvalue weighted by molar-refractivity contribution is 0.0688. The van der Waals surface area contributed by atoms with Crippen LogP contribution >= 0.6 is 0 Å². The summed E-state index contributed by atoms with van der Waals surface area (Å²) in [5.41, 5.74) is -0.0572. The molecule has 17 heavy (non-hydrogen) atoms. The Morgan fingerprint density at radius 3 is 2.41 bits per heavy atom. The highest BCUT2D eigenvalue weighted by Gasteiger charge is 2.14. The number of ether oxygens (including phenoxy) is 1. The number of hydrogen-bond donors (Lipinski definition) is 1. The number of carboxylic acid groups (broad SMARTS) is 1. The molecule has 0 aromatic carbocycles. The van der Waals surface area contributed by atoms with Gasteiger partial charge in [-0.2, -0.15) is 0 Å². The third-order valence-electron chi connectivity index (χ3n) is 2.95. The highest BCUT2D eigenvalue weighted by molar-refractivity contribution is 5.84. The van der Waals surface area contributed by atoms with Crippen LogP contribution in [0.3, 0.4) is 0 Å². The lowest BCUT2D eigenvalue weighted by atomic mass is 10.1. The van der Waals surface area contributed by atoms with Crippen molar-refractivity contribution < 1.29 is 14.6 Å². The van der Waals surface area contributed by atoms with E-state index in [0.717, 1.165) is 12.8 Å². The number of aromatic carboxylic acids is 1. The molecule has 0 unspecified atom stereocenters. The lowest BCUT2D eigenvalue weighted by Gasteiger charge is -2.15. The van der Waals surface area contributed by atoms with E-state index in [2.05, 4.69) is 10.2 Å². The van der Waals surface area contributed by atoms with Crippen molar-refractivity contribution in [1.29, 1.82) is 0 Å². The molecule has 1 saturated carbocycles. The second-order valence-corrected chi connectivity index (χ2v) is 4.29. The van der Waals surface area contributed by atoms with E-state index in [1.807, 2.05) is 0 Å². The van der Waals surface area contributed by atoms with Crippen molar-refractivity contribution in [2.75, 3.05) is 0 Å². The van der Waals surface area contributed by atoms with Crippen molar-refractivity contribution in [3.8, 4) is 5.88 Å². The first kappa shape index (κ1) is 11.8. The van der Waals surface area contributed by atoms with Gasteiger partial charge in [0.2, 0.25) is 5.88 Å². The summed E-state index contributed by atoms with van der Waals surface area (Å²) < 4.78 is 5.70. The molecule has 0 spiro atoms. The predicted octanol–water partition coefficient (Wildman–Crippen LogP) is 2.28. The third-order valence-corrected chi connectivity index (χ3v) is 2.95. The van der Waals surface area contributed by atoms with Crippen LogP contribution in [0.15, 0.2) is 12.1 Å². The first-order valence-corrected chi connectivity index (χ1v) is 5.99. The van der Waals surface area contributed by atoms with E-state index in [9.17, 15) is 4.79 Å². The van der Waals surface area contributed by atoms with Gasteiger partial charge in [0, 0.05) is 6.07 Å². The maximum atomic E-state index is 10.6. The fourth-order valence-electron chi connectivity index (χ4n) is 2.03. The Hall–Kier alpha value is -1.65. The Morgan fingerprint density at radius 1 is 1.18 bits per heavy atom. The number of nitrogens with zero attached hydrogens (tertiary/aromatic N) is 2. The summed E-state index contributed by atoms with van der Waals surface area (Å²) in [6, 6.07) is 2.99. The van der Waals surface area contributed by atoms with Gasteiger partial charge < -0.3 is 9.84 Å². The Morgan fingerprint density at radius 2 is 1.88 bits per heavy atom. The van der Waals surface area contributed by atoms with Gasteiger partial charge >= 0.3 is 5.97 Å². The average molecular weight is 236 g/mol. The number of carbonyl (C=O) groups is 1. The minimum absolute atomic E-state index is 0.0572. The molecule has 5 nitrogen and oxygen atoms in total. The van der Waals surface area contributed by atoms with Gasteiger partial charge in [0.25, 0.3) is 0 Å². The van der Waals surface area contributed by atoms with E-state index in [1.54, 1.807) is 6.07 Å². The first-order valence-electron chi connectivity index (χ1n) is 5.99. The van der Waals surface area contributed by atoms with Crippen LogP contribution in [-0.4, -0.2) is 27.4 Å². The zero-order valence-electron chi connectivity index (χ0n) is 9.63. The maximum absolute atomic E-state index is 10.6. The van der Waals surface area contributed by atoms with Gasteiger partial charge in [0.1, 0.15) is 6.10 Å². The summed E-state index contributed by atoms with van der Waals surface area (Å²) in [5, 5.41) is 16.1. The first-order chi connectivity index (χ1) is 8.25. The van der Waals surface area contributed by atoms with Crippen LogP contribution in [0.2, 0.25) is 0 Å². The van der Waals surface area contributed by atoms with E-state index < -0.39 is 5.97 Å². The summed E-state index contributed by atoms with van der Waals surface area (Å²) in [7, 11) is 0. The molecule has 1 aromatic heterocycles. The van der Waals surface area contributed by atoms with Crippen molar-refractivity contribution in [1.82, 2.24) is 10.2 Å². The Kier molecular flexibility index (Phi) is 3.90. The molecule has 1 aliphatic rings. The Labute approximate surface area is 99.8 Å². The van der Waals surface area contributed by atoms with E-state index in [1.165, 1.54) is 31.7 Å². The van der Waals surface area contributed by atoms with Crippen molar-refractivity contribution >= 4 is 5.97 Å². The normalized spacial score (nSPS) is 17.4. The van der Waals surface area contributed by atoms with Gasteiger partial charge in [0.05, 0.1) is 0 Å². The molecule has 0 radical (unpaired) electrons. The molecule has 0 amide bonds. The number of hydrogen-bond acceptors (Lipinski definition) is 4. The van der Waals surface area contributed by atoms with Crippen LogP contribution < -0.4 is 4.74 Å². The summed E-state index contributed by atoms with van der Waals surface area (Å²) in [5.74, 6) is -0.652. The average Bonchev–Trinajstić information content (AvgIpc) is 2.58. The minimum Gasteiger partial charge on any atom is -0.476 e. The van der Waals surface area contributed by atoms with E-state index in [0.29, 0.717) is 5.88 Å². The van der Waals surface area contributed by atoms with Crippen LogP contribution in [0.4, 0.5) is 0 Å². The molecule has 0 saturated heterocycles. The SMILES string of the molecule is O=C(O)c1ccc(OC2CCCCCC2)nn1. The van der Waals surface area contributed by atoms with Crippen LogP contribution in [0.5, 0.6) is 5.88 Å². The van der Waals surface area contributed by atoms with Crippen molar-refractivity contribution in [2.45, 2.75) is 44.6 Å². The molecule has 1 aliphatic carbocycles. The minimum atomic E-state index is -1.07. The maximum Gasteiger partial charge on any atom is 0.356 e. The summed E-state index contributed by atoms with van der Waals surface area (Å²) in [6.45, 7) is 0. The van der Waals surface area contributed by atoms with Crippen LogP contribution in [0.25, 0.3) is 0 Å². The predicted molar refractivity (Wildman–Crippen MR) is 61.1 cm³/mol. The smallest absolute Gasteiger partial charge is 0.356 e. The van der Waals surface area contributed by atoms with Crippen LogP contribution in [-0.2, 0) is 0 Å². The molecular weight excluding hydrogens is 220 g/mol. The van der Waals surface area contributed by atoms with Gasteiger partial charge in [-0.3, -0.25) is 0 Å². The molecule has 1 fully saturated rings. The molecule has 1 N–H and O–H groups in total.